The molecule has 1 atom stereocenters. The van der Waals surface area contributed by atoms with Gasteiger partial charge in [0, 0.05) is 6.61 Å². The second-order valence-electron chi connectivity index (χ2n) is 7.94. The fourth-order valence-corrected chi connectivity index (χ4v) is 8.38. The molecule has 0 amide bonds. The van der Waals surface area contributed by atoms with Crippen LogP contribution in [0, 0.1) is 0 Å². The molecule has 0 fully saturated rings. The Labute approximate surface area is 169 Å². The van der Waals surface area contributed by atoms with Crippen LogP contribution in [0.15, 0.2) is 60.7 Å². The zero-order valence-corrected chi connectivity index (χ0v) is 18.8. The van der Waals surface area contributed by atoms with Crippen molar-refractivity contribution in [2.45, 2.75) is 38.3 Å². The third kappa shape index (κ3) is 5.75. The molecule has 0 aliphatic heterocycles. The molecule has 5 nitrogen and oxygen atoms in total. The summed E-state index contributed by atoms with van der Waals surface area (Å²) in [6, 6.07) is 20.5. The van der Waals surface area contributed by atoms with Crippen molar-refractivity contribution in [3.05, 3.63) is 60.7 Å². The van der Waals surface area contributed by atoms with Gasteiger partial charge in [-0.1, -0.05) is 81.4 Å². The van der Waals surface area contributed by atoms with Gasteiger partial charge in [-0.2, -0.15) is 8.42 Å². The summed E-state index contributed by atoms with van der Waals surface area (Å²) < 4.78 is 33.6. The van der Waals surface area contributed by atoms with Crippen molar-refractivity contribution in [3.63, 3.8) is 0 Å². The monoisotopic (exact) mass is 422 g/mol. The average Bonchev–Trinajstić information content (AvgIpc) is 2.63. The van der Waals surface area contributed by atoms with E-state index in [2.05, 4.69) is 49.2 Å². The van der Waals surface area contributed by atoms with E-state index >= 15 is 0 Å². The van der Waals surface area contributed by atoms with Gasteiger partial charge in [0.15, 0.2) is 0 Å². The Balaban J connectivity index is 2.29. The third-order valence-corrected chi connectivity index (χ3v) is 10.3. The van der Waals surface area contributed by atoms with Gasteiger partial charge >= 0.3 is 0 Å². The molecule has 0 saturated carbocycles. The van der Waals surface area contributed by atoms with E-state index in [4.69, 9.17) is 4.43 Å². The highest BCUT2D eigenvalue weighted by molar-refractivity contribution is 7.85. The molecule has 7 heteroatoms. The van der Waals surface area contributed by atoms with Crippen LogP contribution in [0.2, 0.25) is 5.04 Å². The molecular weight excluding hydrogens is 392 g/mol. The maximum absolute atomic E-state index is 11.1. The standard InChI is InChI=1S/C21H30O5SSi/c1-21(2,3)28(19-11-7-5-8-12-19,20-13-9-6-10-14-20)26-16-15-18(22)17-25-27(4,23)24/h5-14,18,22H,15-17H2,1-4H3/t18-/m0/s1. The van der Waals surface area contributed by atoms with Gasteiger partial charge in [-0.25, -0.2) is 0 Å². The van der Waals surface area contributed by atoms with Crippen molar-refractivity contribution in [3.8, 4) is 0 Å². The van der Waals surface area contributed by atoms with Crippen LogP contribution < -0.4 is 10.4 Å². The van der Waals surface area contributed by atoms with Gasteiger partial charge in [0.1, 0.15) is 0 Å². The summed E-state index contributed by atoms with van der Waals surface area (Å²) in [6.07, 6.45) is 0.353. The highest BCUT2D eigenvalue weighted by Gasteiger charge is 2.50. The van der Waals surface area contributed by atoms with E-state index in [0.717, 1.165) is 16.6 Å². The second kappa shape index (κ2) is 9.32. The van der Waals surface area contributed by atoms with Crippen molar-refractivity contribution in [2.24, 2.45) is 0 Å². The minimum Gasteiger partial charge on any atom is -0.407 e. The van der Waals surface area contributed by atoms with E-state index < -0.39 is 24.5 Å². The van der Waals surface area contributed by atoms with Crippen molar-refractivity contribution in [1.29, 1.82) is 0 Å². The summed E-state index contributed by atoms with van der Waals surface area (Å²) in [5.41, 5.74) is 0. The SMILES string of the molecule is CC(C)(C)[Si](OCC[C@H](O)COS(C)(=O)=O)(c1ccccc1)c1ccccc1. The fourth-order valence-electron chi connectivity index (χ4n) is 3.40. The molecule has 0 unspecified atom stereocenters. The molecule has 2 aromatic carbocycles. The Kier molecular flexibility index (Phi) is 7.58. The molecule has 0 saturated heterocycles. The normalized spacial score (nSPS) is 14.0. The first-order valence-electron chi connectivity index (χ1n) is 9.34. The molecule has 154 valence electrons. The summed E-state index contributed by atoms with van der Waals surface area (Å²) in [6.45, 7) is 6.60. The van der Waals surface area contributed by atoms with E-state index in [-0.39, 0.29) is 11.6 Å². The van der Waals surface area contributed by atoms with Crippen LogP contribution >= 0.6 is 0 Å². The summed E-state index contributed by atoms with van der Waals surface area (Å²) in [7, 11) is -6.22. The van der Waals surface area contributed by atoms with Crippen LogP contribution in [-0.2, 0) is 18.7 Å². The van der Waals surface area contributed by atoms with Crippen molar-refractivity contribution in [2.75, 3.05) is 19.5 Å². The summed E-state index contributed by atoms with van der Waals surface area (Å²) in [4.78, 5) is 0. The third-order valence-electron chi connectivity index (χ3n) is 4.66. The number of hydrogen-bond donors (Lipinski definition) is 1. The summed E-state index contributed by atoms with van der Waals surface area (Å²) in [5, 5.41) is 12.3. The number of aliphatic hydroxyl groups excluding tert-OH is 1. The van der Waals surface area contributed by atoms with Gasteiger partial charge in [0.05, 0.1) is 19.0 Å². The number of hydrogen-bond acceptors (Lipinski definition) is 5. The van der Waals surface area contributed by atoms with Gasteiger partial charge in [0.25, 0.3) is 18.4 Å². The molecule has 0 spiro atoms. The molecule has 0 bridgehead atoms. The lowest BCUT2D eigenvalue weighted by molar-refractivity contribution is 0.0872. The summed E-state index contributed by atoms with van der Waals surface area (Å²) >= 11 is 0. The van der Waals surface area contributed by atoms with E-state index in [9.17, 15) is 13.5 Å². The Morgan fingerprint density at radius 2 is 1.43 bits per heavy atom. The highest BCUT2D eigenvalue weighted by atomic mass is 32.2. The maximum atomic E-state index is 11.1. The molecule has 0 heterocycles. The van der Waals surface area contributed by atoms with Crippen LogP contribution in [0.5, 0.6) is 0 Å². The van der Waals surface area contributed by atoms with Crippen molar-refractivity contribution >= 4 is 28.8 Å². The van der Waals surface area contributed by atoms with Gasteiger partial charge < -0.3 is 9.53 Å². The zero-order valence-electron chi connectivity index (χ0n) is 17.0. The maximum Gasteiger partial charge on any atom is 0.264 e. The van der Waals surface area contributed by atoms with Gasteiger partial charge in [-0.05, 0) is 21.8 Å². The Morgan fingerprint density at radius 1 is 0.964 bits per heavy atom. The first-order chi connectivity index (χ1) is 13.1. The predicted octanol–water partition coefficient (Wildman–Crippen LogP) is 2.29. The number of rotatable bonds is 9. The molecule has 0 aliphatic carbocycles. The average molecular weight is 423 g/mol. The minimum atomic E-state index is -3.57. The first kappa shape index (κ1) is 22.8. The quantitative estimate of drug-likeness (QED) is 0.496. The molecule has 28 heavy (non-hydrogen) atoms. The topological polar surface area (TPSA) is 72.8 Å². The molecule has 1 N–H and O–H groups in total. The molecule has 0 aliphatic rings. The lowest BCUT2D eigenvalue weighted by atomic mass is 10.2. The minimum absolute atomic E-state index is 0.149. The first-order valence-corrected chi connectivity index (χ1v) is 13.1. The van der Waals surface area contributed by atoms with Crippen LogP contribution in [0.4, 0.5) is 0 Å². The van der Waals surface area contributed by atoms with E-state index in [0.29, 0.717) is 13.0 Å². The lowest BCUT2D eigenvalue weighted by Crippen LogP contribution is -2.66. The van der Waals surface area contributed by atoms with Gasteiger partial charge in [0.2, 0.25) is 0 Å². The van der Waals surface area contributed by atoms with Gasteiger partial charge in [-0.3, -0.25) is 4.18 Å². The number of benzene rings is 2. The largest absolute Gasteiger partial charge is 0.407 e. The van der Waals surface area contributed by atoms with Crippen molar-refractivity contribution in [1.82, 2.24) is 0 Å². The molecule has 0 radical (unpaired) electrons. The molecule has 2 rings (SSSR count). The van der Waals surface area contributed by atoms with Crippen molar-refractivity contribution < 1.29 is 22.1 Å². The van der Waals surface area contributed by atoms with Crippen LogP contribution in [0.1, 0.15) is 27.2 Å². The highest BCUT2D eigenvalue weighted by Crippen LogP contribution is 2.36. The van der Waals surface area contributed by atoms with Gasteiger partial charge in [-0.15, -0.1) is 0 Å². The predicted molar refractivity (Wildman–Crippen MR) is 115 cm³/mol. The molecule has 2 aromatic rings. The number of aliphatic hydroxyl groups is 1. The molecular formula is C21H30O5SSi. The van der Waals surface area contributed by atoms with E-state index in [1.807, 2.05) is 36.4 Å². The Bertz CT molecular complexity index is 793. The summed E-state index contributed by atoms with van der Waals surface area (Å²) in [5.74, 6) is 0. The van der Waals surface area contributed by atoms with Crippen LogP contribution in [0.3, 0.4) is 0 Å². The van der Waals surface area contributed by atoms with E-state index in [1.54, 1.807) is 0 Å². The van der Waals surface area contributed by atoms with Crippen LogP contribution in [-0.4, -0.2) is 47.4 Å². The van der Waals surface area contributed by atoms with Crippen LogP contribution in [0.25, 0.3) is 0 Å². The smallest absolute Gasteiger partial charge is 0.264 e. The lowest BCUT2D eigenvalue weighted by Gasteiger charge is -2.43. The molecule has 0 aromatic heterocycles. The van der Waals surface area contributed by atoms with E-state index in [1.165, 1.54) is 0 Å². The zero-order chi connectivity index (χ0) is 20.8. The fraction of sp³-hybridized carbons (Fsp3) is 0.429. The Morgan fingerprint density at radius 3 is 1.82 bits per heavy atom. The Hall–Kier alpha value is -1.51. The second-order valence-corrected chi connectivity index (χ2v) is 13.9.